The lowest BCUT2D eigenvalue weighted by molar-refractivity contribution is -0.117. The minimum atomic E-state index is -4.15. The molecule has 1 aromatic carbocycles. The molecular weight excluding hydrogens is 349 g/mol. The second-order valence-electron chi connectivity index (χ2n) is 5.78. The Balaban J connectivity index is 0.00000109. The van der Waals surface area contributed by atoms with Gasteiger partial charge in [-0.15, -0.1) is 0 Å². The van der Waals surface area contributed by atoms with Gasteiger partial charge in [0.2, 0.25) is 0 Å². The Morgan fingerprint density at radius 1 is 1.24 bits per heavy atom. The van der Waals surface area contributed by atoms with E-state index >= 15 is 0 Å². The molecule has 0 radical (unpaired) electrons. The lowest BCUT2D eigenvalue weighted by Gasteiger charge is -2.19. The quantitative estimate of drug-likeness (QED) is 0.832. The molecule has 0 aromatic heterocycles. The van der Waals surface area contributed by atoms with E-state index in [1.165, 1.54) is 12.1 Å². The van der Waals surface area contributed by atoms with Gasteiger partial charge >= 0.3 is 10.2 Å². The Kier molecular flexibility index (Phi) is 6.23. The van der Waals surface area contributed by atoms with Gasteiger partial charge in [-0.1, -0.05) is 13.8 Å². The van der Waals surface area contributed by atoms with E-state index in [1.807, 2.05) is 13.8 Å². The summed E-state index contributed by atoms with van der Waals surface area (Å²) < 4.78 is 40.2. The predicted molar refractivity (Wildman–Crippen MR) is 93.2 cm³/mol. The molecule has 0 atom stereocenters. The Hall–Kier alpha value is -1.87. The molecule has 7 nitrogen and oxygen atoms in total. The molecule has 0 unspecified atom stereocenters. The SMILES string of the molecule is CC.O=C1CN(c2c(O)cc(CCN3CCCC3)cc2F)S(=O)(=O)N1. The topological polar surface area (TPSA) is 90.0 Å². The number of nitrogens with one attached hydrogen (secondary N) is 1. The molecule has 1 amide bonds. The van der Waals surface area contributed by atoms with Crippen LogP contribution >= 0.6 is 0 Å². The van der Waals surface area contributed by atoms with Crippen molar-refractivity contribution in [3.63, 3.8) is 0 Å². The van der Waals surface area contributed by atoms with Crippen LogP contribution in [0.4, 0.5) is 10.1 Å². The van der Waals surface area contributed by atoms with Crippen molar-refractivity contribution in [1.29, 1.82) is 0 Å². The molecule has 0 saturated carbocycles. The van der Waals surface area contributed by atoms with Crippen LogP contribution in [-0.2, 0) is 21.4 Å². The lowest BCUT2D eigenvalue weighted by atomic mass is 10.1. The van der Waals surface area contributed by atoms with Gasteiger partial charge in [-0.05, 0) is 50.0 Å². The molecule has 2 N–H and O–H groups in total. The maximum absolute atomic E-state index is 14.3. The van der Waals surface area contributed by atoms with Crippen LogP contribution in [-0.4, -0.2) is 50.5 Å². The van der Waals surface area contributed by atoms with Crippen LogP contribution in [0.1, 0.15) is 32.3 Å². The first kappa shape index (κ1) is 19.5. The number of likely N-dealkylation sites (tertiary alicyclic amines) is 1. The van der Waals surface area contributed by atoms with Crippen molar-refractivity contribution < 1.29 is 22.7 Å². The minimum absolute atomic E-state index is 0.485. The van der Waals surface area contributed by atoms with Crippen molar-refractivity contribution in [2.75, 3.05) is 30.5 Å². The highest BCUT2D eigenvalue weighted by molar-refractivity contribution is 7.92. The molecule has 140 valence electrons. The zero-order valence-electron chi connectivity index (χ0n) is 14.5. The van der Waals surface area contributed by atoms with Gasteiger partial charge in [0, 0.05) is 6.54 Å². The van der Waals surface area contributed by atoms with Gasteiger partial charge in [0.15, 0.2) is 5.82 Å². The van der Waals surface area contributed by atoms with Crippen molar-refractivity contribution in [2.45, 2.75) is 33.1 Å². The van der Waals surface area contributed by atoms with Gasteiger partial charge in [-0.2, -0.15) is 8.42 Å². The molecule has 2 saturated heterocycles. The van der Waals surface area contributed by atoms with Crippen molar-refractivity contribution in [2.24, 2.45) is 0 Å². The summed E-state index contributed by atoms with van der Waals surface area (Å²) in [5.41, 5.74) is 0.0970. The average molecular weight is 373 g/mol. The number of benzene rings is 1. The third kappa shape index (κ3) is 4.40. The molecule has 9 heteroatoms. The van der Waals surface area contributed by atoms with Gasteiger partial charge in [0.05, 0.1) is 0 Å². The summed E-state index contributed by atoms with van der Waals surface area (Å²) >= 11 is 0. The number of phenolic OH excluding ortho intramolecular Hbond substituents is 1. The van der Waals surface area contributed by atoms with Crippen LogP contribution in [0.15, 0.2) is 12.1 Å². The van der Waals surface area contributed by atoms with Crippen molar-refractivity contribution in [3.8, 4) is 5.75 Å². The first-order valence-electron chi connectivity index (χ1n) is 8.44. The van der Waals surface area contributed by atoms with Crippen molar-refractivity contribution in [1.82, 2.24) is 9.62 Å². The van der Waals surface area contributed by atoms with Crippen molar-refractivity contribution in [3.05, 3.63) is 23.5 Å². The highest BCUT2D eigenvalue weighted by Crippen LogP contribution is 2.34. The molecule has 2 fully saturated rings. The van der Waals surface area contributed by atoms with E-state index in [9.17, 15) is 22.7 Å². The van der Waals surface area contributed by atoms with Gasteiger partial charge in [0.25, 0.3) is 5.91 Å². The van der Waals surface area contributed by atoms with Gasteiger partial charge < -0.3 is 10.0 Å². The maximum atomic E-state index is 14.3. The third-order valence-electron chi connectivity index (χ3n) is 4.09. The fraction of sp³-hybridized carbons (Fsp3) is 0.562. The third-order valence-corrected chi connectivity index (χ3v) is 5.47. The number of aromatic hydroxyl groups is 1. The van der Waals surface area contributed by atoms with Crippen LogP contribution < -0.4 is 9.03 Å². The summed E-state index contributed by atoms with van der Waals surface area (Å²) in [4.78, 5) is 13.5. The number of nitrogens with zero attached hydrogens (tertiary/aromatic N) is 2. The van der Waals surface area contributed by atoms with E-state index in [-0.39, 0.29) is 0 Å². The van der Waals surface area contributed by atoms with Crippen LogP contribution in [0.3, 0.4) is 0 Å². The molecule has 3 rings (SSSR count). The average Bonchev–Trinajstić information content (AvgIpc) is 3.14. The van der Waals surface area contributed by atoms with Crippen LogP contribution in [0, 0.1) is 5.82 Å². The molecule has 0 aliphatic carbocycles. The van der Waals surface area contributed by atoms with Gasteiger partial charge in [-0.3, -0.25) is 4.79 Å². The number of hydrogen-bond acceptors (Lipinski definition) is 5. The molecule has 2 heterocycles. The standard InChI is InChI=1S/C14H18FN3O4S.C2H6/c15-11-7-10(3-6-17-4-1-2-5-17)8-12(19)14(11)18-9-13(20)16-23(18,21)22;1-2/h7-8,19H,1-6,9H2,(H,16,20);1-2H3. The zero-order chi connectivity index (χ0) is 18.6. The van der Waals surface area contributed by atoms with E-state index in [2.05, 4.69) is 4.90 Å². The fourth-order valence-corrected chi connectivity index (χ4v) is 4.14. The summed E-state index contributed by atoms with van der Waals surface area (Å²) in [7, 11) is -4.15. The van der Waals surface area contributed by atoms with E-state index in [0.29, 0.717) is 16.3 Å². The summed E-state index contributed by atoms with van der Waals surface area (Å²) in [6.45, 7) is 6.26. The smallest absolute Gasteiger partial charge is 0.326 e. The maximum Gasteiger partial charge on any atom is 0.326 e. The predicted octanol–water partition coefficient (Wildman–Crippen LogP) is 1.38. The highest BCUT2D eigenvalue weighted by atomic mass is 32.2. The second-order valence-corrected chi connectivity index (χ2v) is 7.38. The van der Waals surface area contributed by atoms with Crippen LogP contribution in [0.5, 0.6) is 5.75 Å². The van der Waals surface area contributed by atoms with E-state index in [1.54, 1.807) is 4.72 Å². The number of amides is 1. The lowest BCUT2D eigenvalue weighted by Crippen LogP contribution is -2.30. The number of rotatable bonds is 4. The summed E-state index contributed by atoms with van der Waals surface area (Å²) in [6.07, 6.45) is 2.88. The summed E-state index contributed by atoms with van der Waals surface area (Å²) in [6, 6.07) is 2.57. The number of phenols is 1. The first-order chi connectivity index (χ1) is 11.9. The Bertz CT molecular complexity index is 710. The first-order valence-corrected chi connectivity index (χ1v) is 9.88. The number of carbonyl (C=O) groups excluding carboxylic acids is 1. The number of carbonyl (C=O) groups is 1. The summed E-state index contributed by atoms with van der Waals surface area (Å²) in [5.74, 6) is -2.11. The number of hydrogen-bond donors (Lipinski definition) is 2. The normalized spacial score (nSPS) is 19.5. The van der Waals surface area contributed by atoms with E-state index in [0.717, 1.165) is 32.5 Å². The Morgan fingerprint density at radius 3 is 2.40 bits per heavy atom. The molecule has 0 bridgehead atoms. The molecular formula is C16H24FN3O4S. The monoisotopic (exact) mass is 373 g/mol. The highest BCUT2D eigenvalue weighted by Gasteiger charge is 2.37. The molecule has 1 aromatic rings. The molecule has 2 aliphatic rings. The number of anilines is 1. The molecule has 0 spiro atoms. The Morgan fingerprint density at radius 2 is 1.88 bits per heavy atom. The molecule has 2 aliphatic heterocycles. The summed E-state index contributed by atoms with van der Waals surface area (Å²) in [5, 5.41) is 10.0. The van der Waals surface area contributed by atoms with Crippen molar-refractivity contribution >= 4 is 21.8 Å². The number of halogens is 1. The largest absolute Gasteiger partial charge is 0.506 e. The minimum Gasteiger partial charge on any atom is -0.506 e. The molecule has 25 heavy (non-hydrogen) atoms. The van der Waals surface area contributed by atoms with Gasteiger partial charge in [-0.25, -0.2) is 13.4 Å². The van der Waals surface area contributed by atoms with Gasteiger partial charge in [0.1, 0.15) is 18.0 Å². The fourth-order valence-electron chi connectivity index (χ4n) is 2.97. The van der Waals surface area contributed by atoms with Crippen LogP contribution in [0.25, 0.3) is 0 Å². The van der Waals surface area contributed by atoms with E-state index in [4.69, 9.17) is 0 Å². The van der Waals surface area contributed by atoms with Crippen LogP contribution in [0.2, 0.25) is 0 Å². The second kappa shape index (κ2) is 8.01. The van der Waals surface area contributed by atoms with E-state index < -0.39 is 39.9 Å². The Labute approximate surface area is 147 Å². The zero-order valence-corrected chi connectivity index (χ0v) is 15.3.